The summed E-state index contributed by atoms with van der Waals surface area (Å²) < 4.78 is 1.91. The lowest BCUT2D eigenvalue weighted by Gasteiger charge is -2.02. The van der Waals surface area contributed by atoms with Crippen molar-refractivity contribution in [1.29, 1.82) is 0 Å². The van der Waals surface area contributed by atoms with Crippen molar-refractivity contribution in [1.82, 2.24) is 5.32 Å². The number of benzene rings is 1. The van der Waals surface area contributed by atoms with E-state index in [4.69, 9.17) is 0 Å². The molecule has 0 bridgehead atoms. The van der Waals surface area contributed by atoms with Crippen LogP contribution in [-0.4, -0.2) is 12.5 Å². The van der Waals surface area contributed by atoms with Crippen molar-refractivity contribution in [2.45, 2.75) is 6.92 Å². The fourth-order valence-electron chi connectivity index (χ4n) is 1.65. The zero-order valence-electron chi connectivity index (χ0n) is 9.42. The molecule has 0 radical (unpaired) electrons. The lowest BCUT2D eigenvalue weighted by atomic mass is 10.1. The molecule has 0 fully saturated rings. The Hall–Kier alpha value is -1.13. The average molecular weight is 310 g/mol. The SMILES string of the molecule is C=C(Br)CNC(=O)c1sc2ccccc2c1C. The molecule has 0 spiro atoms. The lowest BCUT2D eigenvalue weighted by molar-refractivity contribution is 0.0961. The Balaban J connectivity index is 2.32. The zero-order chi connectivity index (χ0) is 12.4. The second kappa shape index (κ2) is 5.02. The maximum Gasteiger partial charge on any atom is 0.261 e. The molecule has 0 atom stereocenters. The Morgan fingerprint density at radius 2 is 2.18 bits per heavy atom. The molecule has 1 heterocycles. The summed E-state index contributed by atoms with van der Waals surface area (Å²) in [5.74, 6) is -0.0377. The molecule has 0 unspecified atom stereocenters. The van der Waals surface area contributed by atoms with Crippen molar-refractivity contribution < 1.29 is 4.79 Å². The van der Waals surface area contributed by atoms with Gasteiger partial charge in [0.1, 0.15) is 0 Å². The number of halogens is 1. The first kappa shape index (κ1) is 12.3. The molecular formula is C13H12BrNOS. The van der Waals surface area contributed by atoms with Gasteiger partial charge in [-0.15, -0.1) is 11.3 Å². The highest BCUT2D eigenvalue weighted by molar-refractivity contribution is 9.11. The van der Waals surface area contributed by atoms with Crippen LogP contribution >= 0.6 is 27.3 Å². The van der Waals surface area contributed by atoms with Crippen molar-refractivity contribution in [2.75, 3.05) is 6.54 Å². The van der Waals surface area contributed by atoms with Gasteiger partial charge in [-0.25, -0.2) is 0 Å². The highest BCUT2D eigenvalue weighted by Crippen LogP contribution is 2.30. The number of hydrogen-bond donors (Lipinski definition) is 1. The third-order valence-corrected chi connectivity index (χ3v) is 4.04. The number of amides is 1. The van der Waals surface area contributed by atoms with E-state index < -0.39 is 0 Å². The Labute approximate surface area is 112 Å². The van der Waals surface area contributed by atoms with Crippen molar-refractivity contribution in [3.63, 3.8) is 0 Å². The molecule has 17 heavy (non-hydrogen) atoms. The molecule has 0 saturated heterocycles. The normalized spacial score (nSPS) is 10.5. The molecule has 88 valence electrons. The summed E-state index contributed by atoms with van der Waals surface area (Å²) in [5, 5.41) is 3.98. The predicted octanol–water partition coefficient (Wildman–Crippen LogP) is 3.85. The predicted molar refractivity (Wildman–Crippen MR) is 77.0 cm³/mol. The number of nitrogens with one attached hydrogen (secondary N) is 1. The van der Waals surface area contributed by atoms with Gasteiger partial charge in [-0.1, -0.05) is 40.7 Å². The quantitative estimate of drug-likeness (QED) is 0.916. The van der Waals surface area contributed by atoms with Gasteiger partial charge >= 0.3 is 0 Å². The molecule has 0 aliphatic carbocycles. The van der Waals surface area contributed by atoms with Crippen molar-refractivity contribution in [2.24, 2.45) is 0 Å². The van der Waals surface area contributed by atoms with Gasteiger partial charge in [0, 0.05) is 15.7 Å². The van der Waals surface area contributed by atoms with Crippen LogP contribution in [0.4, 0.5) is 0 Å². The number of hydrogen-bond acceptors (Lipinski definition) is 2. The van der Waals surface area contributed by atoms with Crippen molar-refractivity contribution in [3.8, 4) is 0 Å². The third-order valence-electron chi connectivity index (χ3n) is 2.49. The van der Waals surface area contributed by atoms with Crippen LogP contribution in [0, 0.1) is 6.92 Å². The summed E-state index contributed by atoms with van der Waals surface area (Å²) in [6, 6.07) is 8.05. The van der Waals surface area contributed by atoms with E-state index in [9.17, 15) is 4.79 Å². The molecule has 0 aliphatic rings. The molecule has 0 aliphatic heterocycles. The van der Waals surface area contributed by atoms with E-state index >= 15 is 0 Å². The fourth-order valence-corrected chi connectivity index (χ4v) is 2.91. The van der Waals surface area contributed by atoms with Gasteiger partial charge in [0.15, 0.2) is 0 Å². The van der Waals surface area contributed by atoms with E-state index in [1.807, 2.05) is 31.2 Å². The number of fused-ring (bicyclic) bond motifs is 1. The van der Waals surface area contributed by atoms with Crippen LogP contribution < -0.4 is 5.32 Å². The number of carbonyl (C=O) groups excluding carboxylic acids is 1. The topological polar surface area (TPSA) is 29.1 Å². The Kier molecular flexibility index (Phi) is 3.64. The summed E-state index contributed by atoms with van der Waals surface area (Å²) in [5.41, 5.74) is 1.04. The molecule has 1 amide bonds. The van der Waals surface area contributed by atoms with Crippen LogP contribution in [0.3, 0.4) is 0 Å². The first-order valence-electron chi connectivity index (χ1n) is 5.19. The highest BCUT2D eigenvalue weighted by atomic mass is 79.9. The second-order valence-corrected chi connectivity index (χ2v) is 5.93. The largest absolute Gasteiger partial charge is 0.347 e. The van der Waals surface area contributed by atoms with Crippen LogP contribution in [0.25, 0.3) is 10.1 Å². The first-order chi connectivity index (χ1) is 8.09. The van der Waals surface area contributed by atoms with Crippen molar-refractivity contribution >= 4 is 43.3 Å². The van der Waals surface area contributed by atoms with Gasteiger partial charge in [0.2, 0.25) is 0 Å². The summed E-state index contributed by atoms with van der Waals surface area (Å²) in [4.78, 5) is 12.8. The monoisotopic (exact) mass is 309 g/mol. The Morgan fingerprint density at radius 1 is 1.47 bits per heavy atom. The van der Waals surface area contributed by atoms with E-state index in [0.717, 1.165) is 25.0 Å². The summed E-state index contributed by atoms with van der Waals surface area (Å²) >= 11 is 4.75. The van der Waals surface area contributed by atoms with E-state index in [-0.39, 0.29) is 5.91 Å². The molecule has 0 saturated carbocycles. The zero-order valence-corrected chi connectivity index (χ0v) is 11.8. The fraction of sp³-hybridized carbons (Fsp3) is 0.154. The van der Waals surface area contributed by atoms with Gasteiger partial charge < -0.3 is 5.32 Å². The lowest BCUT2D eigenvalue weighted by Crippen LogP contribution is -2.24. The van der Waals surface area contributed by atoms with Crippen LogP contribution in [0.15, 0.2) is 35.3 Å². The smallest absolute Gasteiger partial charge is 0.261 e. The third kappa shape index (κ3) is 2.58. The molecule has 2 rings (SSSR count). The molecule has 4 heteroatoms. The summed E-state index contributed by atoms with van der Waals surface area (Å²) in [6.45, 7) is 6.13. The van der Waals surface area contributed by atoms with E-state index in [0.29, 0.717) is 6.54 Å². The van der Waals surface area contributed by atoms with Crippen LogP contribution in [0.1, 0.15) is 15.2 Å². The standard InChI is InChI=1S/C13H12BrNOS/c1-8(14)7-15-13(16)12-9(2)10-5-3-4-6-11(10)17-12/h3-6H,1,7H2,2H3,(H,15,16). The van der Waals surface area contributed by atoms with Gasteiger partial charge in [-0.2, -0.15) is 0 Å². The number of rotatable bonds is 3. The Bertz CT molecular complexity index is 588. The van der Waals surface area contributed by atoms with Crippen LogP contribution in [0.2, 0.25) is 0 Å². The van der Waals surface area contributed by atoms with Crippen molar-refractivity contribution in [3.05, 3.63) is 45.8 Å². The molecular weight excluding hydrogens is 298 g/mol. The summed E-state index contributed by atoms with van der Waals surface area (Å²) in [6.07, 6.45) is 0. The number of thiophene rings is 1. The van der Waals surface area contributed by atoms with Gasteiger partial charge in [0.25, 0.3) is 5.91 Å². The average Bonchev–Trinajstić information content (AvgIpc) is 2.64. The second-order valence-electron chi connectivity index (χ2n) is 3.75. The van der Waals surface area contributed by atoms with Gasteiger partial charge in [-0.3, -0.25) is 4.79 Å². The number of carbonyl (C=O) groups is 1. The van der Waals surface area contributed by atoms with E-state index in [1.165, 1.54) is 11.3 Å². The molecule has 2 nitrogen and oxygen atoms in total. The molecule has 2 aromatic rings. The van der Waals surface area contributed by atoms with E-state index in [2.05, 4.69) is 27.8 Å². The minimum Gasteiger partial charge on any atom is -0.347 e. The van der Waals surface area contributed by atoms with Gasteiger partial charge in [0.05, 0.1) is 4.88 Å². The van der Waals surface area contributed by atoms with Gasteiger partial charge in [-0.05, 0) is 23.9 Å². The minimum absolute atomic E-state index is 0.0377. The van der Waals surface area contributed by atoms with Crippen LogP contribution in [-0.2, 0) is 0 Å². The molecule has 1 aromatic heterocycles. The molecule has 1 N–H and O–H groups in total. The Morgan fingerprint density at radius 3 is 2.82 bits per heavy atom. The minimum atomic E-state index is -0.0377. The number of aryl methyl sites for hydroxylation is 1. The highest BCUT2D eigenvalue weighted by Gasteiger charge is 2.14. The van der Waals surface area contributed by atoms with E-state index in [1.54, 1.807) is 0 Å². The molecule has 1 aromatic carbocycles. The summed E-state index contributed by atoms with van der Waals surface area (Å²) in [7, 11) is 0. The maximum atomic E-state index is 12.0. The first-order valence-corrected chi connectivity index (χ1v) is 6.80. The van der Waals surface area contributed by atoms with Crippen LogP contribution in [0.5, 0.6) is 0 Å². The maximum absolute atomic E-state index is 12.0.